The molecule has 0 saturated heterocycles. The Balaban J connectivity index is 1.63. The standard InChI is InChI=1S/C39H40FN3O4/c1-7-12-29-20-28(21-36(46-9-3)37(29)47-24-27-15-17-30(40)18-16-27)23-41-43-38(42-34-14-11-10-13-31(34)39(43)44)33-22-32(25(4)5)35(45-8-2)19-26(33)6/h7,10-11,13-23,25H,1,8-9,12,24H2,2-6H3. The van der Waals surface area contributed by atoms with Crippen LogP contribution in [-0.4, -0.2) is 29.1 Å². The lowest BCUT2D eigenvalue weighted by Crippen LogP contribution is -2.21. The molecule has 5 rings (SSSR count). The third-order valence-electron chi connectivity index (χ3n) is 7.71. The smallest absolute Gasteiger partial charge is 0.282 e. The van der Waals surface area contributed by atoms with Gasteiger partial charge in [-0.1, -0.05) is 44.2 Å². The molecule has 0 spiro atoms. The van der Waals surface area contributed by atoms with E-state index in [-0.39, 0.29) is 23.9 Å². The molecule has 0 N–H and O–H groups in total. The molecule has 0 fully saturated rings. The molecule has 0 atom stereocenters. The van der Waals surface area contributed by atoms with Crippen molar-refractivity contribution in [2.75, 3.05) is 13.2 Å². The monoisotopic (exact) mass is 633 g/mol. The predicted molar refractivity (Wildman–Crippen MR) is 187 cm³/mol. The van der Waals surface area contributed by atoms with E-state index in [1.807, 2.05) is 57.2 Å². The lowest BCUT2D eigenvalue weighted by Gasteiger charge is -2.18. The van der Waals surface area contributed by atoms with Gasteiger partial charge >= 0.3 is 0 Å². The molecule has 7 nitrogen and oxygen atoms in total. The van der Waals surface area contributed by atoms with E-state index in [9.17, 15) is 9.18 Å². The van der Waals surface area contributed by atoms with Crippen LogP contribution in [0.25, 0.3) is 22.3 Å². The quantitative estimate of drug-likeness (QED) is 0.0959. The predicted octanol–water partition coefficient (Wildman–Crippen LogP) is 8.62. The number of hydrogen-bond acceptors (Lipinski definition) is 6. The second kappa shape index (κ2) is 14.9. The molecule has 8 heteroatoms. The number of fused-ring (bicyclic) bond motifs is 1. The first kappa shape index (κ1) is 33.1. The van der Waals surface area contributed by atoms with Gasteiger partial charge in [-0.05, 0) is 104 Å². The summed E-state index contributed by atoms with van der Waals surface area (Å²) in [6.07, 6.45) is 3.92. The van der Waals surface area contributed by atoms with Crippen LogP contribution in [0.15, 0.2) is 95.3 Å². The summed E-state index contributed by atoms with van der Waals surface area (Å²) in [5.74, 6) is 2.24. The van der Waals surface area contributed by atoms with Crippen molar-refractivity contribution in [3.05, 3.63) is 129 Å². The van der Waals surface area contributed by atoms with Gasteiger partial charge in [-0.15, -0.1) is 6.58 Å². The number of halogens is 1. The fourth-order valence-electron chi connectivity index (χ4n) is 5.43. The van der Waals surface area contributed by atoms with Crippen LogP contribution in [0.4, 0.5) is 4.39 Å². The average Bonchev–Trinajstić information content (AvgIpc) is 3.05. The van der Waals surface area contributed by atoms with Crippen LogP contribution in [0, 0.1) is 12.7 Å². The SMILES string of the molecule is C=CCc1cc(C=Nn2c(-c3cc(C(C)C)c(OCC)cc3C)nc3ccccc3c2=O)cc(OCC)c1OCc1ccc(F)cc1. The first-order valence-corrected chi connectivity index (χ1v) is 15.9. The van der Waals surface area contributed by atoms with Gasteiger partial charge in [-0.2, -0.15) is 9.78 Å². The molecule has 0 aliphatic rings. The van der Waals surface area contributed by atoms with Gasteiger partial charge in [0.2, 0.25) is 0 Å². The van der Waals surface area contributed by atoms with Crippen molar-refractivity contribution in [3.8, 4) is 28.6 Å². The van der Waals surface area contributed by atoms with Crippen LogP contribution < -0.4 is 19.8 Å². The summed E-state index contributed by atoms with van der Waals surface area (Å²) in [6.45, 7) is 15.2. The molecule has 0 amide bonds. The summed E-state index contributed by atoms with van der Waals surface area (Å²) in [5.41, 5.74) is 5.41. The molecule has 5 aromatic rings. The Bertz CT molecular complexity index is 1980. The maximum absolute atomic E-state index is 14.0. The van der Waals surface area contributed by atoms with Crippen LogP contribution in [0.3, 0.4) is 0 Å². The second-order valence-electron chi connectivity index (χ2n) is 11.5. The molecule has 0 radical (unpaired) electrons. The molecule has 1 aromatic heterocycles. The second-order valence-corrected chi connectivity index (χ2v) is 11.5. The summed E-state index contributed by atoms with van der Waals surface area (Å²) in [6, 6.07) is 21.3. The van der Waals surface area contributed by atoms with Gasteiger partial charge in [0.15, 0.2) is 17.3 Å². The van der Waals surface area contributed by atoms with Crippen molar-refractivity contribution >= 4 is 17.1 Å². The Morgan fingerprint density at radius 1 is 0.957 bits per heavy atom. The highest BCUT2D eigenvalue weighted by Crippen LogP contribution is 2.36. The first-order chi connectivity index (χ1) is 22.7. The normalized spacial score (nSPS) is 11.4. The van der Waals surface area contributed by atoms with Crippen LogP contribution in [0.5, 0.6) is 17.2 Å². The number of para-hydroxylation sites is 1. The maximum atomic E-state index is 14.0. The van der Waals surface area contributed by atoms with Gasteiger partial charge in [-0.3, -0.25) is 4.79 Å². The number of nitrogens with zero attached hydrogens (tertiary/aromatic N) is 3. The average molecular weight is 634 g/mol. The van der Waals surface area contributed by atoms with Gasteiger partial charge in [0, 0.05) is 11.1 Å². The summed E-state index contributed by atoms with van der Waals surface area (Å²) >= 11 is 0. The number of allylic oxidation sites excluding steroid dienone is 1. The lowest BCUT2D eigenvalue weighted by atomic mass is 9.96. The van der Waals surface area contributed by atoms with Crippen LogP contribution >= 0.6 is 0 Å². The Hall–Kier alpha value is -5.24. The molecule has 47 heavy (non-hydrogen) atoms. The number of hydrogen-bond donors (Lipinski definition) is 0. The minimum Gasteiger partial charge on any atom is -0.494 e. The number of ether oxygens (including phenoxy) is 3. The van der Waals surface area contributed by atoms with Crippen molar-refractivity contribution in [3.63, 3.8) is 0 Å². The molecule has 0 aliphatic carbocycles. The third kappa shape index (κ3) is 7.43. The Kier molecular flexibility index (Phi) is 10.5. The molecule has 242 valence electrons. The molecule has 0 saturated carbocycles. The van der Waals surface area contributed by atoms with Crippen LogP contribution in [0.2, 0.25) is 0 Å². The van der Waals surface area contributed by atoms with E-state index in [2.05, 4.69) is 26.5 Å². The fraction of sp³-hybridized carbons (Fsp3) is 0.256. The van der Waals surface area contributed by atoms with E-state index in [1.54, 1.807) is 30.5 Å². The van der Waals surface area contributed by atoms with Gasteiger partial charge < -0.3 is 14.2 Å². The molecule has 0 aliphatic heterocycles. The van der Waals surface area contributed by atoms with Gasteiger partial charge in [0.25, 0.3) is 5.56 Å². The van der Waals surface area contributed by atoms with E-state index in [4.69, 9.17) is 24.3 Å². The Morgan fingerprint density at radius 3 is 2.38 bits per heavy atom. The zero-order valence-corrected chi connectivity index (χ0v) is 27.5. The zero-order valence-electron chi connectivity index (χ0n) is 27.5. The highest BCUT2D eigenvalue weighted by molar-refractivity contribution is 5.83. The molecule has 4 aromatic carbocycles. The Labute approximate surface area is 275 Å². The highest BCUT2D eigenvalue weighted by Gasteiger charge is 2.19. The third-order valence-corrected chi connectivity index (χ3v) is 7.71. The minimum atomic E-state index is -0.304. The highest BCUT2D eigenvalue weighted by atomic mass is 19.1. The summed E-state index contributed by atoms with van der Waals surface area (Å²) in [5, 5.41) is 5.20. The number of aromatic nitrogens is 2. The van der Waals surface area contributed by atoms with Crippen molar-refractivity contribution in [1.82, 2.24) is 9.66 Å². The van der Waals surface area contributed by atoms with Crippen molar-refractivity contribution in [2.24, 2.45) is 5.10 Å². The van der Waals surface area contributed by atoms with E-state index >= 15 is 0 Å². The Morgan fingerprint density at radius 2 is 1.68 bits per heavy atom. The number of benzene rings is 4. The molecule has 0 unspecified atom stereocenters. The minimum absolute atomic E-state index is 0.184. The fourth-order valence-corrected chi connectivity index (χ4v) is 5.43. The van der Waals surface area contributed by atoms with Crippen LogP contribution in [-0.2, 0) is 13.0 Å². The van der Waals surface area contributed by atoms with Crippen molar-refractivity contribution in [1.29, 1.82) is 0 Å². The van der Waals surface area contributed by atoms with Gasteiger partial charge in [-0.25, -0.2) is 9.37 Å². The van der Waals surface area contributed by atoms with Crippen LogP contribution in [0.1, 0.15) is 61.4 Å². The topological polar surface area (TPSA) is 74.9 Å². The van der Waals surface area contributed by atoms with E-state index in [1.165, 1.54) is 16.8 Å². The molecular formula is C39H40FN3O4. The zero-order chi connectivity index (χ0) is 33.5. The van der Waals surface area contributed by atoms with E-state index in [0.717, 1.165) is 33.6 Å². The molecule has 1 heterocycles. The number of aryl methyl sites for hydroxylation is 1. The summed E-state index contributed by atoms with van der Waals surface area (Å²) < 4.78 is 33.0. The molecule has 0 bridgehead atoms. The van der Waals surface area contributed by atoms with Crippen molar-refractivity contribution < 1.29 is 18.6 Å². The maximum Gasteiger partial charge on any atom is 0.282 e. The van der Waals surface area contributed by atoms with Gasteiger partial charge in [0.05, 0.1) is 30.3 Å². The van der Waals surface area contributed by atoms with Gasteiger partial charge in [0.1, 0.15) is 18.2 Å². The number of rotatable bonds is 13. The van der Waals surface area contributed by atoms with Crippen molar-refractivity contribution in [2.45, 2.75) is 53.6 Å². The largest absolute Gasteiger partial charge is 0.494 e. The first-order valence-electron chi connectivity index (χ1n) is 15.9. The summed E-state index contributed by atoms with van der Waals surface area (Å²) in [7, 11) is 0. The lowest BCUT2D eigenvalue weighted by molar-refractivity contribution is 0.267. The van der Waals surface area contributed by atoms with E-state index < -0.39 is 0 Å². The summed E-state index contributed by atoms with van der Waals surface area (Å²) in [4.78, 5) is 18.9. The van der Waals surface area contributed by atoms with E-state index in [0.29, 0.717) is 53.4 Å². The molecular weight excluding hydrogens is 593 g/mol.